The number of sulfonamides is 1. The fourth-order valence-corrected chi connectivity index (χ4v) is 4.42. The maximum absolute atomic E-state index is 12.1. The number of anilines is 1. The molecule has 0 spiro atoms. The fraction of sp³-hybridized carbons (Fsp3) is 0. The molecule has 2 heterocycles. The molecule has 1 aliphatic heterocycles. The monoisotopic (exact) mass is 455 g/mol. The molecule has 162 valence electrons. The van der Waals surface area contributed by atoms with E-state index >= 15 is 0 Å². The first-order valence-electron chi connectivity index (χ1n) is 8.85. The Kier molecular flexibility index (Phi) is 4.78. The van der Waals surface area contributed by atoms with Crippen LogP contribution in [0.25, 0.3) is 11.1 Å². The number of H-pyrrole nitrogens is 1. The number of rotatable bonds is 4. The van der Waals surface area contributed by atoms with E-state index in [2.05, 4.69) is 4.40 Å². The Hall–Kier alpha value is -4.45. The third-order valence-electron chi connectivity index (χ3n) is 4.63. The topological polar surface area (TPSA) is 189 Å². The summed E-state index contributed by atoms with van der Waals surface area (Å²) >= 11 is 0. The van der Waals surface area contributed by atoms with Crippen LogP contribution in [0.5, 0.6) is 5.75 Å². The van der Waals surface area contributed by atoms with E-state index in [1.54, 1.807) is 12.1 Å². The summed E-state index contributed by atoms with van der Waals surface area (Å²) in [6, 6.07) is 11.4. The van der Waals surface area contributed by atoms with Gasteiger partial charge in [-0.05, 0) is 29.8 Å². The normalized spacial score (nSPS) is 13.8. The molecule has 0 aliphatic carbocycles. The summed E-state index contributed by atoms with van der Waals surface area (Å²) in [6.45, 7) is 0. The number of hydrogen-bond acceptors (Lipinski definition) is 7. The second-order valence-corrected chi connectivity index (χ2v) is 8.17. The Bertz CT molecular complexity index is 1490. The van der Waals surface area contributed by atoms with E-state index in [1.165, 1.54) is 36.4 Å². The summed E-state index contributed by atoms with van der Waals surface area (Å²) in [4.78, 5) is 37.5. The van der Waals surface area contributed by atoms with Gasteiger partial charge in [-0.25, -0.2) is 9.59 Å². The van der Waals surface area contributed by atoms with Crippen LogP contribution in [-0.4, -0.2) is 41.5 Å². The Morgan fingerprint density at radius 1 is 0.969 bits per heavy atom. The molecule has 0 radical (unpaired) electrons. The molecule has 32 heavy (non-hydrogen) atoms. The van der Waals surface area contributed by atoms with E-state index in [0.29, 0.717) is 0 Å². The van der Waals surface area contributed by atoms with E-state index in [9.17, 15) is 33.0 Å². The highest BCUT2D eigenvalue weighted by atomic mass is 32.2. The molecule has 11 nitrogen and oxygen atoms in total. The number of benzene rings is 2. The number of aromatic amines is 1. The number of carboxylic acids is 2. The Morgan fingerprint density at radius 3 is 2.22 bits per heavy atom. The first-order chi connectivity index (χ1) is 15.1. The van der Waals surface area contributed by atoms with Gasteiger partial charge in [-0.1, -0.05) is 24.3 Å². The largest absolute Gasteiger partial charge is 0.478 e. The highest BCUT2D eigenvalue weighted by Crippen LogP contribution is 2.32. The molecular weight excluding hydrogens is 442 g/mol. The van der Waals surface area contributed by atoms with Crippen LogP contribution < -0.4 is 16.0 Å². The van der Waals surface area contributed by atoms with Crippen molar-refractivity contribution in [2.24, 2.45) is 4.40 Å². The van der Waals surface area contributed by atoms with Crippen molar-refractivity contribution in [1.82, 2.24) is 4.98 Å². The molecule has 1 aromatic heterocycles. The first-order valence-corrected chi connectivity index (χ1v) is 10.3. The van der Waals surface area contributed by atoms with Gasteiger partial charge in [0.1, 0.15) is 27.6 Å². The number of carbonyl (C=O) groups is 2. The second kappa shape index (κ2) is 7.35. The van der Waals surface area contributed by atoms with Gasteiger partial charge in [0, 0.05) is 5.56 Å². The van der Waals surface area contributed by atoms with Gasteiger partial charge in [-0.3, -0.25) is 4.79 Å². The highest BCUT2D eigenvalue weighted by Gasteiger charge is 2.30. The zero-order valence-electron chi connectivity index (χ0n) is 15.9. The second-order valence-electron chi connectivity index (χ2n) is 6.60. The third-order valence-corrected chi connectivity index (χ3v) is 5.95. The number of ether oxygens (including phenoxy) is 1. The number of aromatic carboxylic acids is 2. The van der Waals surface area contributed by atoms with Crippen molar-refractivity contribution in [2.75, 3.05) is 5.73 Å². The van der Waals surface area contributed by atoms with Gasteiger partial charge in [-0.15, -0.1) is 4.40 Å². The Morgan fingerprint density at radius 2 is 1.59 bits per heavy atom. The number of fused-ring (bicyclic) bond motifs is 1. The van der Waals surface area contributed by atoms with Crippen LogP contribution in [-0.2, 0) is 10.0 Å². The van der Waals surface area contributed by atoms with Crippen molar-refractivity contribution < 1.29 is 33.0 Å². The molecule has 2 aromatic carbocycles. The molecule has 12 heteroatoms. The lowest BCUT2D eigenvalue weighted by Gasteiger charge is -2.13. The molecule has 0 amide bonds. The maximum Gasteiger partial charge on any atom is 0.342 e. The number of aromatic nitrogens is 1. The molecule has 3 aromatic rings. The lowest BCUT2D eigenvalue weighted by atomic mass is 9.95. The van der Waals surface area contributed by atoms with E-state index in [-0.39, 0.29) is 33.2 Å². The molecule has 4 rings (SSSR count). The van der Waals surface area contributed by atoms with Crippen molar-refractivity contribution in [2.45, 2.75) is 4.90 Å². The summed E-state index contributed by atoms with van der Waals surface area (Å²) in [5, 5.41) is 18.9. The fourth-order valence-electron chi connectivity index (χ4n) is 3.29. The van der Waals surface area contributed by atoms with Gasteiger partial charge < -0.3 is 25.7 Å². The number of nitrogens with zero attached hydrogens (tertiary/aromatic N) is 1. The lowest BCUT2D eigenvalue weighted by molar-refractivity contribution is 0.0695. The average molecular weight is 455 g/mol. The molecule has 0 saturated heterocycles. The van der Waals surface area contributed by atoms with Gasteiger partial charge in [0.15, 0.2) is 0 Å². The SMILES string of the molecule is Nc1[nH]c(=O)c(C(=O)O)c(-c2ccc(OC3=NS(=O)(=O)c4ccccc43)cc2)c1C(=O)O. The predicted molar refractivity (Wildman–Crippen MR) is 112 cm³/mol. The van der Waals surface area contributed by atoms with Crippen LogP contribution in [0, 0.1) is 0 Å². The van der Waals surface area contributed by atoms with Crippen LogP contribution in [0.15, 0.2) is 62.6 Å². The van der Waals surface area contributed by atoms with Gasteiger partial charge in [0.25, 0.3) is 15.6 Å². The standard InChI is InChI=1S/C20H13N3O8S/c21-16-14(19(25)26)13(15(20(27)28)17(24)22-16)9-5-7-10(8-6-9)31-18-11-3-1-2-4-12(11)32(29,30)23-18/h1-8H,(H,25,26)(H,27,28)(H3,21,22,24). The Labute approximate surface area is 179 Å². The van der Waals surface area contributed by atoms with E-state index in [0.717, 1.165) is 0 Å². The number of nitrogen functional groups attached to an aromatic ring is 1. The zero-order valence-corrected chi connectivity index (χ0v) is 16.7. The van der Waals surface area contributed by atoms with Gasteiger partial charge in [-0.2, -0.15) is 8.42 Å². The molecule has 0 saturated carbocycles. The van der Waals surface area contributed by atoms with Gasteiger partial charge in [0.2, 0.25) is 5.90 Å². The number of nitrogens with one attached hydrogen (secondary N) is 1. The van der Waals surface area contributed by atoms with Crippen molar-refractivity contribution in [3.63, 3.8) is 0 Å². The number of carboxylic acid groups (broad SMARTS) is 2. The van der Waals surface area contributed by atoms with Gasteiger partial charge in [0.05, 0.1) is 5.56 Å². The summed E-state index contributed by atoms with van der Waals surface area (Å²) in [6.07, 6.45) is 0. The van der Waals surface area contributed by atoms with Gasteiger partial charge >= 0.3 is 11.9 Å². The molecule has 1 aliphatic rings. The van der Waals surface area contributed by atoms with Crippen LogP contribution in [0.2, 0.25) is 0 Å². The molecule has 0 unspecified atom stereocenters. The highest BCUT2D eigenvalue weighted by molar-refractivity contribution is 7.90. The predicted octanol–water partition coefficient (Wildman–Crippen LogP) is 1.55. The van der Waals surface area contributed by atoms with Crippen LogP contribution >= 0.6 is 0 Å². The Balaban J connectivity index is 1.78. The van der Waals surface area contributed by atoms with Crippen LogP contribution in [0.3, 0.4) is 0 Å². The number of nitrogens with two attached hydrogens (primary N) is 1. The summed E-state index contributed by atoms with van der Waals surface area (Å²) in [5.74, 6) is -3.66. The van der Waals surface area contributed by atoms with Crippen LogP contribution in [0.1, 0.15) is 26.3 Å². The summed E-state index contributed by atoms with van der Waals surface area (Å²) < 4.78 is 33.5. The lowest BCUT2D eigenvalue weighted by Crippen LogP contribution is -2.24. The maximum atomic E-state index is 12.1. The van der Waals surface area contributed by atoms with Crippen LogP contribution in [0.4, 0.5) is 5.82 Å². The smallest absolute Gasteiger partial charge is 0.342 e. The minimum atomic E-state index is -3.89. The molecule has 0 atom stereocenters. The minimum Gasteiger partial charge on any atom is -0.478 e. The minimum absolute atomic E-state index is 0.00260. The van der Waals surface area contributed by atoms with Crippen molar-refractivity contribution in [3.8, 4) is 16.9 Å². The summed E-state index contributed by atoms with van der Waals surface area (Å²) in [7, 11) is -3.89. The van der Waals surface area contributed by atoms with Crippen molar-refractivity contribution >= 4 is 33.7 Å². The third kappa shape index (κ3) is 3.37. The molecule has 5 N–H and O–H groups in total. The van der Waals surface area contributed by atoms with E-state index in [1.807, 2.05) is 4.98 Å². The molecule has 0 fully saturated rings. The van der Waals surface area contributed by atoms with Crippen molar-refractivity contribution in [3.05, 3.63) is 75.6 Å². The molecule has 0 bridgehead atoms. The average Bonchev–Trinajstić information content (AvgIpc) is 2.97. The first kappa shape index (κ1) is 20.8. The quantitative estimate of drug-likeness (QED) is 0.452. The number of hydrogen-bond donors (Lipinski definition) is 4. The zero-order chi connectivity index (χ0) is 23.2. The van der Waals surface area contributed by atoms with E-state index in [4.69, 9.17) is 10.5 Å². The summed E-state index contributed by atoms with van der Waals surface area (Å²) in [5.41, 5.74) is 3.18. The van der Waals surface area contributed by atoms with Crippen molar-refractivity contribution in [1.29, 1.82) is 0 Å². The number of pyridine rings is 1. The van der Waals surface area contributed by atoms with E-state index < -0.39 is 44.5 Å². The molecular formula is C20H13N3O8S.